The van der Waals surface area contributed by atoms with Gasteiger partial charge in [0.2, 0.25) is 5.91 Å². The minimum atomic E-state index is 0.134. The summed E-state index contributed by atoms with van der Waals surface area (Å²) in [4.78, 5) is 25.9. The molecular weight excluding hydrogens is 226 g/mol. The van der Waals surface area contributed by atoms with Crippen LogP contribution in [0.15, 0.2) is 0 Å². The number of rotatable bonds is 2. The van der Waals surface area contributed by atoms with Crippen molar-refractivity contribution >= 4 is 11.7 Å². The summed E-state index contributed by atoms with van der Waals surface area (Å²) >= 11 is 0. The SMILES string of the molecule is O=C1CCCC(C(=O)N2CCC(C3CC3)C2)CC1. The van der Waals surface area contributed by atoms with Gasteiger partial charge in [0.05, 0.1) is 0 Å². The third-order valence-corrected chi connectivity index (χ3v) is 4.95. The summed E-state index contributed by atoms with van der Waals surface area (Å²) in [5, 5.41) is 0. The van der Waals surface area contributed by atoms with Gasteiger partial charge < -0.3 is 4.90 Å². The van der Waals surface area contributed by atoms with Crippen LogP contribution in [0.4, 0.5) is 0 Å². The van der Waals surface area contributed by atoms with Gasteiger partial charge in [0, 0.05) is 31.8 Å². The van der Waals surface area contributed by atoms with E-state index in [2.05, 4.69) is 4.90 Å². The first-order chi connectivity index (χ1) is 8.74. The topological polar surface area (TPSA) is 37.4 Å². The fraction of sp³-hybridized carbons (Fsp3) is 0.867. The maximum absolute atomic E-state index is 12.5. The van der Waals surface area contributed by atoms with E-state index in [4.69, 9.17) is 0 Å². The molecule has 1 aliphatic heterocycles. The average molecular weight is 249 g/mol. The van der Waals surface area contributed by atoms with Crippen LogP contribution < -0.4 is 0 Å². The van der Waals surface area contributed by atoms with Gasteiger partial charge in [-0.2, -0.15) is 0 Å². The molecule has 0 radical (unpaired) electrons. The van der Waals surface area contributed by atoms with Crippen LogP contribution in [0.5, 0.6) is 0 Å². The van der Waals surface area contributed by atoms with Crippen LogP contribution >= 0.6 is 0 Å². The van der Waals surface area contributed by atoms with Crippen LogP contribution in [0.1, 0.15) is 51.4 Å². The van der Waals surface area contributed by atoms with Gasteiger partial charge in [-0.1, -0.05) is 0 Å². The van der Waals surface area contributed by atoms with E-state index in [0.717, 1.165) is 44.2 Å². The van der Waals surface area contributed by atoms with Gasteiger partial charge in [0.15, 0.2) is 0 Å². The summed E-state index contributed by atoms with van der Waals surface area (Å²) < 4.78 is 0. The minimum Gasteiger partial charge on any atom is -0.342 e. The Morgan fingerprint density at radius 1 is 1.00 bits per heavy atom. The zero-order chi connectivity index (χ0) is 12.5. The van der Waals surface area contributed by atoms with Crippen molar-refractivity contribution < 1.29 is 9.59 Å². The second-order valence-corrected chi connectivity index (χ2v) is 6.34. The van der Waals surface area contributed by atoms with Crippen molar-refractivity contribution in [3.8, 4) is 0 Å². The Balaban J connectivity index is 1.55. The molecule has 1 heterocycles. The van der Waals surface area contributed by atoms with Gasteiger partial charge in [-0.05, 0) is 50.4 Å². The molecule has 0 aromatic heterocycles. The van der Waals surface area contributed by atoms with Crippen molar-refractivity contribution in [1.29, 1.82) is 0 Å². The lowest BCUT2D eigenvalue weighted by molar-refractivity contribution is -0.135. The van der Waals surface area contributed by atoms with E-state index in [0.29, 0.717) is 24.5 Å². The highest BCUT2D eigenvalue weighted by molar-refractivity contribution is 5.82. The molecule has 0 spiro atoms. The first-order valence-electron chi connectivity index (χ1n) is 7.54. The molecular formula is C15H23NO2. The van der Waals surface area contributed by atoms with Crippen LogP contribution in [-0.4, -0.2) is 29.7 Å². The Labute approximate surface area is 109 Å². The quantitative estimate of drug-likeness (QED) is 0.705. The van der Waals surface area contributed by atoms with E-state index in [-0.39, 0.29) is 5.92 Å². The molecule has 0 bridgehead atoms. The lowest BCUT2D eigenvalue weighted by Crippen LogP contribution is -2.34. The van der Waals surface area contributed by atoms with Crippen LogP contribution in [-0.2, 0) is 9.59 Å². The van der Waals surface area contributed by atoms with E-state index in [9.17, 15) is 9.59 Å². The molecule has 3 rings (SSSR count). The molecule has 2 atom stereocenters. The Bertz CT molecular complexity index is 348. The Hall–Kier alpha value is -0.860. The number of hydrogen-bond donors (Lipinski definition) is 0. The van der Waals surface area contributed by atoms with Crippen LogP contribution in [0.25, 0.3) is 0 Å². The van der Waals surface area contributed by atoms with Gasteiger partial charge in [0.1, 0.15) is 5.78 Å². The maximum Gasteiger partial charge on any atom is 0.225 e. The number of ketones is 1. The van der Waals surface area contributed by atoms with Gasteiger partial charge >= 0.3 is 0 Å². The van der Waals surface area contributed by atoms with Crippen LogP contribution in [0, 0.1) is 17.8 Å². The van der Waals surface area contributed by atoms with E-state index in [1.807, 2.05) is 0 Å². The molecule has 3 aliphatic rings. The Morgan fingerprint density at radius 3 is 2.61 bits per heavy atom. The molecule has 100 valence electrons. The van der Waals surface area contributed by atoms with Crippen molar-refractivity contribution in [3.63, 3.8) is 0 Å². The zero-order valence-electron chi connectivity index (χ0n) is 11.1. The molecule has 0 aromatic carbocycles. The highest BCUT2D eigenvalue weighted by atomic mass is 16.2. The molecule has 0 N–H and O–H groups in total. The van der Waals surface area contributed by atoms with E-state index in [1.54, 1.807) is 0 Å². The average Bonchev–Trinajstić information content (AvgIpc) is 3.14. The van der Waals surface area contributed by atoms with Crippen LogP contribution in [0.2, 0.25) is 0 Å². The normalized spacial score (nSPS) is 33.6. The van der Waals surface area contributed by atoms with Crippen molar-refractivity contribution in [3.05, 3.63) is 0 Å². The van der Waals surface area contributed by atoms with Gasteiger partial charge in [-0.25, -0.2) is 0 Å². The summed E-state index contributed by atoms with van der Waals surface area (Å²) in [7, 11) is 0. The summed E-state index contributed by atoms with van der Waals surface area (Å²) in [6.07, 6.45) is 7.91. The fourth-order valence-electron chi connectivity index (χ4n) is 3.60. The van der Waals surface area contributed by atoms with E-state index < -0.39 is 0 Å². The first-order valence-corrected chi connectivity index (χ1v) is 7.54. The molecule has 1 saturated heterocycles. The molecule has 1 amide bonds. The molecule has 3 nitrogen and oxygen atoms in total. The number of carbonyl (C=O) groups excluding carboxylic acids is 2. The van der Waals surface area contributed by atoms with Crippen molar-refractivity contribution in [1.82, 2.24) is 4.90 Å². The fourth-order valence-corrected chi connectivity index (χ4v) is 3.60. The molecule has 2 saturated carbocycles. The van der Waals surface area contributed by atoms with E-state index in [1.165, 1.54) is 19.3 Å². The second-order valence-electron chi connectivity index (χ2n) is 6.34. The second kappa shape index (κ2) is 5.02. The number of nitrogens with zero attached hydrogens (tertiary/aromatic N) is 1. The third kappa shape index (κ3) is 2.60. The predicted octanol–water partition coefficient (Wildman–Crippen LogP) is 2.39. The first kappa shape index (κ1) is 12.2. The summed E-state index contributed by atoms with van der Waals surface area (Å²) in [5.41, 5.74) is 0. The molecule has 3 fully saturated rings. The number of amides is 1. The standard InChI is InChI=1S/C15H23NO2/c17-14-3-1-2-12(6-7-14)15(18)16-9-8-13(10-16)11-4-5-11/h11-13H,1-10H2. The zero-order valence-corrected chi connectivity index (χ0v) is 11.1. The van der Waals surface area contributed by atoms with E-state index >= 15 is 0 Å². The summed E-state index contributed by atoms with van der Waals surface area (Å²) in [6.45, 7) is 1.96. The highest BCUT2D eigenvalue weighted by Crippen LogP contribution is 2.41. The lowest BCUT2D eigenvalue weighted by atomic mass is 9.98. The number of hydrogen-bond acceptors (Lipinski definition) is 2. The van der Waals surface area contributed by atoms with Gasteiger partial charge in [0.25, 0.3) is 0 Å². The largest absolute Gasteiger partial charge is 0.342 e. The molecule has 0 aromatic rings. The smallest absolute Gasteiger partial charge is 0.225 e. The number of likely N-dealkylation sites (tertiary alicyclic amines) is 1. The molecule has 2 aliphatic carbocycles. The molecule has 3 heteroatoms. The van der Waals surface area contributed by atoms with Gasteiger partial charge in [-0.3, -0.25) is 9.59 Å². The minimum absolute atomic E-state index is 0.134. The van der Waals surface area contributed by atoms with Crippen molar-refractivity contribution in [2.45, 2.75) is 51.4 Å². The number of Topliss-reactive ketones (excluding diaryl/α,β-unsaturated/α-hetero) is 1. The molecule has 2 unspecified atom stereocenters. The Morgan fingerprint density at radius 2 is 1.83 bits per heavy atom. The molecule has 18 heavy (non-hydrogen) atoms. The van der Waals surface area contributed by atoms with Crippen LogP contribution in [0.3, 0.4) is 0 Å². The van der Waals surface area contributed by atoms with Crippen molar-refractivity contribution in [2.24, 2.45) is 17.8 Å². The Kier molecular flexibility index (Phi) is 3.40. The third-order valence-electron chi connectivity index (χ3n) is 4.95. The van der Waals surface area contributed by atoms with Gasteiger partial charge in [-0.15, -0.1) is 0 Å². The summed E-state index contributed by atoms with van der Waals surface area (Å²) in [5.74, 6) is 2.52. The summed E-state index contributed by atoms with van der Waals surface area (Å²) in [6, 6.07) is 0. The monoisotopic (exact) mass is 249 g/mol. The predicted molar refractivity (Wildman–Crippen MR) is 69.0 cm³/mol. The van der Waals surface area contributed by atoms with Crippen molar-refractivity contribution in [2.75, 3.05) is 13.1 Å². The number of carbonyl (C=O) groups is 2. The maximum atomic E-state index is 12.5. The lowest BCUT2D eigenvalue weighted by Gasteiger charge is -2.22. The highest BCUT2D eigenvalue weighted by Gasteiger charge is 2.38.